The number of amides is 1. The van der Waals surface area contributed by atoms with Crippen LogP contribution in [0, 0.1) is 19.8 Å². The number of carbonyl (C=O) groups excluding carboxylic acids is 1. The molecule has 8 heteroatoms. The van der Waals surface area contributed by atoms with Crippen molar-refractivity contribution >= 4 is 34.0 Å². The number of aryl methyl sites for hydroxylation is 1. The second-order valence-corrected chi connectivity index (χ2v) is 6.15. The van der Waals surface area contributed by atoms with E-state index < -0.39 is 10.0 Å². The Hall–Kier alpha value is -1.15. The molecular weight excluding hydrogens is 302 g/mol. The minimum absolute atomic E-state index is 0. The predicted octanol–water partition coefficient (Wildman–Crippen LogP) is 0.906. The van der Waals surface area contributed by atoms with Crippen LogP contribution in [0.15, 0.2) is 17.0 Å². The van der Waals surface area contributed by atoms with Gasteiger partial charge in [0.1, 0.15) is 0 Å². The van der Waals surface area contributed by atoms with Gasteiger partial charge in [0.15, 0.2) is 0 Å². The van der Waals surface area contributed by atoms with Gasteiger partial charge >= 0.3 is 0 Å². The molecule has 0 spiro atoms. The molecule has 1 amide bonds. The fraction of sp³-hybridized carbons (Fsp3) is 0.417. The first kappa shape index (κ1) is 18.9. The van der Waals surface area contributed by atoms with E-state index in [1.54, 1.807) is 20.8 Å². The Balaban J connectivity index is 0.00000361. The summed E-state index contributed by atoms with van der Waals surface area (Å²) in [4.78, 5) is 11.8. The summed E-state index contributed by atoms with van der Waals surface area (Å²) in [6, 6.07) is 2.84. The topological polar surface area (TPSA) is 115 Å². The molecule has 1 aromatic rings. The predicted molar refractivity (Wildman–Crippen MR) is 81.4 cm³/mol. The van der Waals surface area contributed by atoms with E-state index in [-0.39, 0.29) is 35.7 Å². The highest BCUT2D eigenvalue weighted by molar-refractivity contribution is 7.89. The van der Waals surface area contributed by atoms with E-state index in [9.17, 15) is 13.2 Å². The van der Waals surface area contributed by atoms with Crippen LogP contribution in [0.4, 0.5) is 5.69 Å². The SMILES string of the molecule is Cc1cc(S(N)(=O)=O)cc(NC(=O)C(C)CN)c1C.Cl. The summed E-state index contributed by atoms with van der Waals surface area (Å²) in [6.07, 6.45) is 0. The minimum atomic E-state index is -3.80. The molecule has 0 bridgehead atoms. The van der Waals surface area contributed by atoms with Crippen LogP contribution in [0.2, 0.25) is 0 Å². The molecule has 1 unspecified atom stereocenters. The summed E-state index contributed by atoms with van der Waals surface area (Å²) < 4.78 is 22.7. The van der Waals surface area contributed by atoms with Gasteiger partial charge in [-0.3, -0.25) is 4.79 Å². The molecular formula is C12H20ClN3O3S. The quantitative estimate of drug-likeness (QED) is 0.764. The lowest BCUT2D eigenvalue weighted by atomic mass is 10.1. The first-order valence-corrected chi connectivity index (χ1v) is 7.36. The first-order chi connectivity index (χ1) is 8.66. The van der Waals surface area contributed by atoms with Crippen LogP contribution < -0.4 is 16.2 Å². The van der Waals surface area contributed by atoms with Gasteiger partial charge < -0.3 is 11.1 Å². The van der Waals surface area contributed by atoms with Crippen molar-refractivity contribution in [2.24, 2.45) is 16.8 Å². The highest BCUT2D eigenvalue weighted by atomic mass is 35.5. The number of nitrogens with two attached hydrogens (primary N) is 2. The smallest absolute Gasteiger partial charge is 0.238 e. The van der Waals surface area contributed by atoms with Crippen LogP contribution in [-0.4, -0.2) is 20.9 Å². The third-order valence-corrected chi connectivity index (χ3v) is 3.92. The maximum Gasteiger partial charge on any atom is 0.238 e. The van der Waals surface area contributed by atoms with Gasteiger partial charge in [-0.25, -0.2) is 13.6 Å². The number of primary sulfonamides is 1. The molecule has 6 nitrogen and oxygen atoms in total. The number of anilines is 1. The van der Waals surface area contributed by atoms with Crippen molar-refractivity contribution in [2.45, 2.75) is 25.7 Å². The molecule has 1 atom stereocenters. The van der Waals surface area contributed by atoms with Gasteiger partial charge in [0.25, 0.3) is 0 Å². The Morgan fingerprint density at radius 2 is 1.90 bits per heavy atom. The maximum absolute atomic E-state index is 11.8. The third-order valence-electron chi connectivity index (χ3n) is 3.03. The monoisotopic (exact) mass is 321 g/mol. The second kappa shape index (κ2) is 7.03. The highest BCUT2D eigenvalue weighted by Gasteiger charge is 2.16. The van der Waals surface area contributed by atoms with E-state index in [1.807, 2.05) is 0 Å². The van der Waals surface area contributed by atoms with Gasteiger partial charge in [-0.1, -0.05) is 6.92 Å². The van der Waals surface area contributed by atoms with Crippen molar-refractivity contribution in [1.82, 2.24) is 0 Å². The van der Waals surface area contributed by atoms with Crippen LogP contribution in [0.1, 0.15) is 18.1 Å². The minimum Gasteiger partial charge on any atom is -0.330 e. The van der Waals surface area contributed by atoms with Crippen molar-refractivity contribution in [3.63, 3.8) is 0 Å². The molecule has 5 N–H and O–H groups in total. The van der Waals surface area contributed by atoms with Crippen molar-refractivity contribution in [3.8, 4) is 0 Å². The average Bonchev–Trinajstić information content (AvgIpc) is 2.32. The zero-order valence-electron chi connectivity index (χ0n) is 11.6. The Morgan fingerprint density at radius 3 is 2.35 bits per heavy atom. The van der Waals surface area contributed by atoms with E-state index in [0.29, 0.717) is 5.69 Å². The molecule has 0 aliphatic heterocycles. The van der Waals surface area contributed by atoms with Crippen molar-refractivity contribution in [1.29, 1.82) is 0 Å². The zero-order chi connectivity index (χ0) is 14.8. The number of sulfonamides is 1. The molecule has 20 heavy (non-hydrogen) atoms. The Kier molecular flexibility index (Phi) is 6.63. The largest absolute Gasteiger partial charge is 0.330 e. The summed E-state index contributed by atoms with van der Waals surface area (Å²) in [7, 11) is -3.80. The van der Waals surface area contributed by atoms with Crippen LogP contribution in [0.5, 0.6) is 0 Å². The maximum atomic E-state index is 11.8. The molecule has 114 valence electrons. The Bertz CT molecular complexity index is 602. The second-order valence-electron chi connectivity index (χ2n) is 4.58. The van der Waals surface area contributed by atoms with Gasteiger partial charge in [-0.05, 0) is 37.1 Å². The van der Waals surface area contributed by atoms with E-state index in [1.165, 1.54) is 12.1 Å². The number of hydrogen-bond donors (Lipinski definition) is 3. The summed E-state index contributed by atoms with van der Waals surface area (Å²) in [5, 5.41) is 7.78. The van der Waals surface area contributed by atoms with Crippen LogP contribution in [0.3, 0.4) is 0 Å². The van der Waals surface area contributed by atoms with E-state index in [4.69, 9.17) is 10.9 Å². The molecule has 0 fully saturated rings. The molecule has 0 radical (unpaired) electrons. The van der Waals surface area contributed by atoms with E-state index >= 15 is 0 Å². The molecule has 0 heterocycles. The number of halogens is 1. The number of hydrogen-bond acceptors (Lipinski definition) is 4. The Labute approximate surface area is 125 Å². The zero-order valence-corrected chi connectivity index (χ0v) is 13.3. The molecule has 0 saturated heterocycles. The molecule has 0 aliphatic rings. The normalized spacial score (nSPS) is 12.4. The van der Waals surface area contributed by atoms with Gasteiger partial charge in [-0.15, -0.1) is 12.4 Å². The van der Waals surface area contributed by atoms with Gasteiger partial charge in [0.05, 0.1) is 4.90 Å². The fourth-order valence-corrected chi connectivity index (χ4v) is 2.11. The van der Waals surface area contributed by atoms with Crippen molar-refractivity contribution < 1.29 is 13.2 Å². The van der Waals surface area contributed by atoms with Gasteiger partial charge in [-0.2, -0.15) is 0 Å². The molecule has 1 rings (SSSR count). The molecule has 0 aromatic heterocycles. The van der Waals surface area contributed by atoms with Crippen molar-refractivity contribution in [2.75, 3.05) is 11.9 Å². The average molecular weight is 322 g/mol. The third kappa shape index (κ3) is 4.45. The standard InChI is InChI=1S/C12H19N3O3S.ClH/c1-7-4-10(19(14,17)18)5-11(9(7)3)15-12(16)8(2)6-13;/h4-5,8H,6,13H2,1-3H3,(H,15,16)(H2,14,17,18);1H. The van der Waals surface area contributed by atoms with Crippen LogP contribution in [-0.2, 0) is 14.8 Å². The number of carbonyl (C=O) groups is 1. The molecule has 1 aromatic carbocycles. The number of benzene rings is 1. The van der Waals surface area contributed by atoms with Crippen LogP contribution >= 0.6 is 12.4 Å². The molecule has 0 saturated carbocycles. The van der Waals surface area contributed by atoms with E-state index in [2.05, 4.69) is 5.32 Å². The van der Waals surface area contributed by atoms with Gasteiger partial charge in [0.2, 0.25) is 15.9 Å². The summed E-state index contributed by atoms with van der Waals surface area (Å²) >= 11 is 0. The summed E-state index contributed by atoms with van der Waals surface area (Å²) in [6.45, 7) is 5.47. The lowest BCUT2D eigenvalue weighted by molar-refractivity contribution is -0.119. The van der Waals surface area contributed by atoms with Crippen molar-refractivity contribution in [3.05, 3.63) is 23.3 Å². The Morgan fingerprint density at radius 1 is 1.35 bits per heavy atom. The van der Waals surface area contributed by atoms with Crippen LogP contribution in [0.25, 0.3) is 0 Å². The number of nitrogens with one attached hydrogen (secondary N) is 1. The summed E-state index contributed by atoms with van der Waals surface area (Å²) in [5.74, 6) is -0.602. The lowest BCUT2D eigenvalue weighted by Crippen LogP contribution is -2.27. The molecule has 0 aliphatic carbocycles. The highest BCUT2D eigenvalue weighted by Crippen LogP contribution is 2.23. The van der Waals surface area contributed by atoms with Gasteiger partial charge in [0, 0.05) is 18.2 Å². The summed E-state index contributed by atoms with van der Waals surface area (Å²) in [5.41, 5.74) is 7.39. The fourth-order valence-electron chi connectivity index (χ4n) is 1.48. The lowest BCUT2D eigenvalue weighted by Gasteiger charge is -2.15. The number of rotatable bonds is 4. The first-order valence-electron chi connectivity index (χ1n) is 5.81. The van der Waals surface area contributed by atoms with E-state index in [0.717, 1.165) is 11.1 Å².